The standard InChI is InChI=1S/C27H37N7O7/c28-19(7-4-12-31-27(29)30)23(37)32-20(13-16-5-2-1-3-6-16)24(38)33-21(14-17-8-10-18(36)11-9-17)25(39)34-22(15-35)26(40)41/h1-3,5-6,8-11,19-22,35-36H,4,7,12-15,28H2,(H,32,37)(H,33,38)(H,34,39)(H,40,41)(H4,29,30,31). The lowest BCUT2D eigenvalue weighted by atomic mass is 10.0. The minimum atomic E-state index is -1.60. The van der Waals surface area contributed by atoms with Crippen molar-refractivity contribution in [3.8, 4) is 5.75 Å². The molecule has 0 aliphatic heterocycles. The van der Waals surface area contributed by atoms with E-state index in [-0.39, 0.29) is 37.5 Å². The van der Waals surface area contributed by atoms with Crippen LogP contribution in [0.25, 0.3) is 0 Å². The number of nitrogens with one attached hydrogen (secondary N) is 3. The van der Waals surface area contributed by atoms with Crippen molar-refractivity contribution < 1.29 is 34.5 Å². The van der Waals surface area contributed by atoms with Gasteiger partial charge in [-0.2, -0.15) is 0 Å². The molecule has 0 heterocycles. The van der Waals surface area contributed by atoms with Crippen LogP contribution in [0.15, 0.2) is 59.6 Å². The number of aliphatic hydroxyl groups is 1. The molecule has 0 aliphatic rings. The van der Waals surface area contributed by atoms with Crippen molar-refractivity contribution in [3.05, 3.63) is 65.7 Å². The fourth-order valence-corrected chi connectivity index (χ4v) is 3.80. The number of aliphatic carboxylic acids is 1. The van der Waals surface area contributed by atoms with Crippen molar-refractivity contribution in [3.63, 3.8) is 0 Å². The smallest absolute Gasteiger partial charge is 0.328 e. The fraction of sp³-hybridized carbons (Fsp3) is 0.370. The lowest BCUT2D eigenvalue weighted by molar-refractivity contribution is -0.143. The molecular weight excluding hydrogens is 534 g/mol. The van der Waals surface area contributed by atoms with Gasteiger partial charge in [-0.25, -0.2) is 4.79 Å². The molecule has 14 heteroatoms. The average molecular weight is 572 g/mol. The molecule has 41 heavy (non-hydrogen) atoms. The van der Waals surface area contributed by atoms with E-state index in [9.17, 15) is 34.5 Å². The number of amides is 3. The Balaban J connectivity index is 2.25. The fourth-order valence-electron chi connectivity index (χ4n) is 3.80. The third kappa shape index (κ3) is 11.5. The molecule has 0 saturated heterocycles. The largest absolute Gasteiger partial charge is 0.508 e. The second-order valence-corrected chi connectivity index (χ2v) is 9.32. The number of phenols is 1. The van der Waals surface area contributed by atoms with E-state index >= 15 is 0 Å². The van der Waals surface area contributed by atoms with Crippen LogP contribution < -0.4 is 33.2 Å². The number of nitrogens with zero attached hydrogens (tertiary/aromatic N) is 1. The highest BCUT2D eigenvalue weighted by atomic mass is 16.4. The Labute approximate surface area is 237 Å². The number of rotatable bonds is 16. The van der Waals surface area contributed by atoms with Crippen LogP contribution in [0.5, 0.6) is 5.75 Å². The van der Waals surface area contributed by atoms with Gasteiger partial charge in [0, 0.05) is 19.4 Å². The highest BCUT2D eigenvalue weighted by Gasteiger charge is 2.30. The third-order valence-corrected chi connectivity index (χ3v) is 6.03. The summed E-state index contributed by atoms with van der Waals surface area (Å²) in [6, 6.07) is 9.72. The summed E-state index contributed by atoms with van der Waals surface area (Å²) >= 11 is 0. The maximum Gasteiger partial charge on any atom is 0.328 e. The van der Waals surface area contributed by atoms with Crippen LogP contribution >= 0.6 is 0 Å². The maximum atomic E-state index is 13.5. The number of nitrogens with two attached hydrogens (primary N) is 3. The van der Waals surface area contributed by atoms with Crippen molar-refractivity contribution in [1.82, 2.24) is 16.0 Å². The van der Waals surface area contributed by atoms with Crippen LogP contribution in [0, 0.1) is 0 Å². The van der Waals surface area contributed by atoms with E-state index in [2.05, 4.69) is 20.9 Å². The Bertz CT molecular complexity index is 1190. The molecule has 12 N–H and O–H groups in total. The monoisotopic (exact) mass is 571 g/mol. The molecule has 0 saturated carbocycles. The normalized spacial score (nSPS) is 13.6. The predicted octanol–water partition coefficient (Wildman–Crippen LogP) is -1.91. The Kier molecular flexibility index (Phi) is 13.0. The topological polar surface area (TPSA) is 255 Å². The van der Waals surface area contributed by atoms with Crippen molar-refractivity contribution in [2.24, 2.45) is 22.2 Å². The number of aliphatic imine (C=N–C) groups is 1. The number of benzene rings is 2. The molecule has 2 aromatic carbocycles. The van der Waals surface area contributed by atoms with Gasteiger partial charge in [-0.3, -0.25) is 19.4 Å². The van der Waals surface area contributed by atoms with E-state index in [1.165, 1.54) is 24.3 Å². The predicted molar refractivity (Wildman–Crippen MR) is 150 cm³/mol. The van der Waals surface area contributed by atoms with Gasteiger partial charge in [0.25, 0.3) is 0 Å². The second kappa shape index (κ2) is 16.4. The van der Waals surface area contributed by atoms with E-state index in [1.807, 2.05) is 0 Å². The number of aromatic hydroxyl groups is 1. The molecule has 222 valence electrons. The van der Waals surface area contributed by atoms with Crippen molar-refractivity contribution in [2.75, 3.05) is 13.2 Å². The molecule has 4 unspecified atom stereocenters. The molecule has 4 atom stereocenters. The van der Waals surface area contributed by atoms with Gasteiger partial charge in [0.1, 0.15) is 23.9 Å². The summed E-state index contributed by atoms with van der Waals surface area (Å²) in [5.41, 5.74) is 17.9. The zero-order valence-corrected chi connectivity index (χ0v) is 22.4. The molecule has 0 bridgehead atoms. The van der Waals surface area contributed by atoms with Crippen molar-refractivity contribution >= 4 is 29.7 Å². The lowest BCUT2D eigenvalue weighted by Crippen LogP contribution is -2.58. The maximum absolute atomic E-state index is 13.5. The van der Waals surface area contributed by atoms with Gasteiger partial charge >= 0.3 is 5.97 Å². The first-order chi connectivity index (χ1) is 19.5. The zero-order chi connectivity index (χ0) is 30.4. The van der Waals surface area contributed by atoms with E-state index in [1.54, 1.807) is 30.3 Å². The Morgan fingerprint density at radius 2 is 1.29 bits per heavy atom. The number of phenolic OH excluding ortho intramolecular Hbond substituents is 1. The third-order valence-electron chi connectivity index (χ3n) is 6.03. The molecule has 0 radical (unpaired) electrons. The van der Waals surface area contributed by atoms with E-state index in [0.29, 0.717) is 12.0 Å². The van der Waals surface area contributed by atoms with Crippen LogP contribution in [0.2, 0.25) is 0 Å². The molecule has 0 spiro atoms. The first-order valence-corrected chi connectivity index (χ1v) is 12.9. The molecule has 2 rings (SSSR count). The van der Waals surface area contributed by atoms with Gasteiger partial charge in [-0.15, -0.1) is 0 Å². The number of carboxylic acids is 1. The molecule has 0 aliphatic carbocycles. The quantitative estimate of drug-likeness (QED) is 0.0613. The number of carboxylic acid groups (broad SMARTS) is 1. The molecular formula is C27H37N7O7. The highest BCUT2D eigenvalue weighted by molar-refractivity contribution is 5.94. The highest BCUT2D eigenvalue weighted by Crippen LogP contribution is 2.12. The summed E-state index contributed by atoms with van der Waals surface area (Å²) in [4.78, 5) is 54.6. The summed E-state index contributed by atoms with van der Waals surface area (Å²) in [5.74, 6) is -3.73. The van der Waals surface area contributed by atoms with E-state index in [0.717, 1.165) is 5.56 Å². The molecule has 14 nitrogen and oxygen atoms in total. The number of carbonyl (C=O) groups is 4. The van der Waals surface area contributed by atoms with Gasteiger partial charge in [0.15, 0.2) is 5.96 Å². The Hall–Kier alpha value is -4.69. The SMILES string of the molecule is NC(N)=NCCCC(N)C(=O)NC(Cc1ccccc1)C(=O)NC(Cc1ccc(O)cc1)C(=O)NC(CO)C(=O)O. The summed E-state index contributed by atoms with van der Waals surface area (Å²) in [5, 5.41) is 35.6. The first-order valence-electron chi connectivity index (χ1n) is 12.9. The Morgan fingerprint density at radius 3 is 1.80 bits per heavy atom. The zero-order valence-electron chi connectivity index (χ0n) is 22.4. The second-order valence-electron chi connectivity index (χ2n) is 9.32. The minimum Gasteiger partial charge on any atom is -0.508 e. The molecule has 0 aromatic heterocycles. The van der Waals surface area contributed by atoms with E-state index in [4.69, 9.17) is 17.2 Å². The molecule has 0 fully saturated rings. The minimum absolute atomic E-state index is 0.00900. The lowest BCUT2D eigenvalue weighted by Gasteiger charge is -2.25. The number of aliphatic hydroxyl groups excluding tert-OH is 1. The van der Waals surface area contributed by atoms with Crippen LogP contribution in [-0.2, 0) is 32.0 Å². The van der Waals surface area contributed by atoms with Crippen LogP contribution in [0.4, 0.5) is 0 Å². The average Bonchev–Trinajstić information content (AvgIpc) is 2.94. The number of hydrogen-bond donors (Lipinski definition) is 9. The van der Waals surface area contributed by atoms with Crippen LogP contribution in [-0.4, -0.2) is 82.3 Å². The number of guanidine groups is 1. The van der Waals surface area contributed by atoms with Gasteiger partial charge in [-0.1, -0.05) is 42.5 Å². The number of carbonyl (C=O) groups excluding carboxylic acids is 3. The summed E-state index contributed by atoms with van der Waals surface area (Å²) in [7, 11) is 0. The molecule has 3 amide bonds. The summed E-state index contributed by atoms with van der Waals surface area (Å²) in [6.45, 7) is -0.592. The van der Waals surface area contributed by atoms with Crippen LogP contribution in [0.3, 0.4) is 0 Å². The first kappa shape index (κ1) is 32.5. The Morgan fingerprint density at radius 1 is 0.780 bits per heavy atom. The van der Waals surface area contributed by atoms with Gasteiger partial charge in [0.05, 0.1) is 12.6 Å². The van der Waals surface area contributed by atoms with Crippen LogP contribution in [0.1, 0.15) is 24.0 Å². The van der Waals surface area contributed by atoms with Crippen molar-refractivity contribution in [2.45, 2.75) is 49.9 Å². The van der Waals surface area contributed by atoms with Crippen molar-refractivity contribution in [1.29, 1.82) is 0 Å². The van der Waals surface area contributed by atoms with Gasteiger partial charge in [0.2, 0.25) is 17.7 Å². The summed E-state index contributed by atoms with van der Waals surface area (Å²) in [6.07, 6.45) is 0.658. The van der Waals surface area contributed by atoms with Gasteiger partial charge in [-0.05, 0) is 36.1 Å². The molecule has 2 aromatic rings. The summed E-state index contributed by atoms with van der Waals surface area (Å²) < 4.78 is 0. The van der Waals surface area contributed by atoms with E-state index < -0.39 is 54.5 Å². The van der Waals surface area contributed by atoms with Gasteiger partial charge < -0.3 is 48.5 Å². The number of hydrogen-bond acceptors (Lipinski definition) is 8.